The summed E-state index contributed by atoms with van der Waals surface area (Å²) in [5.74, 6) is -0.185. The molecule has 0 aliphatic carbocycles. The van der Waals surface area contributed by atoms with Crippen molar-refractivity contribution < 1.29 is 14.3 Å². The van der Waals surface area contributed by atoms with Crippen LogP contribution in [-0.4, -0.2) is 42.3 Å². The summed E-state index contributed by atoms with van der Waals surface area (Å²) in [5, 5.41) is 12.1. The summed E-state index contributed by atoms with van der Waals surface area (Å²) in [6.07, 6.45) is -0.660. The average Bonchev–Trinajstić information content (AvgIpc) is 3.08. The lowest BCUT2D eigenvalue weighted by Crippen LogP contribution is -2.34. The summed E-state index contributed by atoms with van der Waals surface area (Å²) in [5.41, 5.74) is 1.35. The molecule has 0 fully saturated rings. The number of hydrogen-bond acceptors (Lipinski definition) is 5. The fourth-order valence-electron chi connectivity index (χ4n) is 2.55. The predicted molar refractivity (Wildman–Crippen MR) is 119 cm³/mol. The molecule has 0 saturated heterocycles. The van der Waals surface area contributed by atoms with Gasteiger partial charge in [0.25, 0.3) is 11.8 Å². The van der Waals surface area contributed by atoms with Crippen LogP contribution in [0.15, 0.2) is 59.1 Å². The second-order valence-corrected chi connectivity index (χ2v) is 7.43. The van der Waals surface area contributed by atoms with Gasteiger partial charge in [0.05, 0.1) is 10.6 Å². The number of anilines is 2. The first-order chi connectivity index (χ1) is 14.5. The van der Waals surface area contributed by atoms with Gasteiger partial charge in [-0.05, 0) is 40.2 Å². The van der Waals surface area contributed by atoms with Crippen molar-refractivity contribution in [3.63, 3.8) is 0 Å². The average molecular weight is 493 g/mol. The summed E-state index contributed by atoms with van der Waals surface area (Å²) < 4.78 is 5.49. The first kappa shape index (κ1) is 21.7. The van der Waals surface area contributed by atoms with Gasteiger partial charge < -0.3 is 20.3 Å². The van der Waals surface area contributed by atoms with Gasteiger partial charge in [-0.25, -0.2) is 4.79 Å². The minimum atomic E-state index is -0.660. The number of halogens is 2. The minimum absolute atomic E-state index is 0.00151. The van der Waals surface area contributed by atoms with E-state index in [1.165, 1.54) is 0 Å². The highest BCUT2D eigenvalue weighted by atomic mass is 79.9. The topological polar surface area (TPSA) is 99.3 Å². The number of H-pyrrole nitrogens is 1. The van der Waals surface area contributed by atoms with Crippen LogP contribution in [0.1, 0.15) is 10.4 Å². The predicted octanol–water partition coefficient (Wildman–Crippen LogP) is 4.30. The van der Waals surface area contributed by atoms with Gasteiger partial charge in [-0.2, -0.15) is 0 Å². The molecule has 8 nitrogen and oxygen atoms in total. The standard InChI is InChI=1S/C20H19BrClN5O3/c1-27(13-7-3-2-4-8-13)12-11-23-20(29)30-19-16(21)17(25-26-19)24-18(28)14-9-5-6-10-15(14)22/h2-10H,11-12H2,1H3,(H,23,29)(H2,24,25,26,28). The number of aromatic nitrogens is 2. The van der Waals surface area contributed by atoms with Gasteiger partial charge in [-0.3, -0.25) is 9.89 Å². The van der Waals surface area contributed by atoms with Crippen LogP contribution >= 0.6 is 27.5 Å². The number of benzene rings is 2. The second kappa shape index (κ2) is 10.1. The molecule has 2 aromatic carbocycles. The number of carbonyl (C=O) groups excluding carboxylic acids is 2. The summed E-state index contributed by atoms with van der Waals surface area (Å²) in [6.45, 7) is 0.975. The first-order valence-corrected chi connectivity index (χ1v) is 10.1. The molecule has 0 bridgehead atoms. The Kier molecular flexibility index (Phi) is 7.31. The Bertz CT molecular complexity index is 1030. The molecular formula is C20H19BrClN5O3. The third kappa shape index (κ3) is 5.52. The summed E-state index contributed by atoms with van der Waals surface area (Å²) in [4.78, 5) is 26.4. The lowest BCUT2D eigenvalue weighted by molar-refractivity contribution is 0.102. The van der Waals surface area contributed by atoms with Crippen LogP contribution in [0.4, 0.5) is 16.3 Å². The molecule has 10 heteroatoms. The van der Waals surface area contributed by atoms with Crippen molar-refractivity contribution in [1.29, 1.82) is 0 Å². The molecule has 3 rings (SSSR count). The number of aromatic amines is 1. The Morgan fingerprint density at radius 3 is 2.60 bits per heavy atom. The van der Waals surface area contributed by atoms with Crippen molar-refractivity contribution in [2.24, 2.45) is 0 Å². The molecule has 0 spiro atoms. The van der Waals surface area contributed by atoms with Crippen molar-refractivity contribution in [3.05, 3.63) is 69.7 Å². The highest BCUT2D eigenvalue weighted by molar-refractivity contribution is 9.10. The van der Waals surface area contributed by atoms with Crippen LogP contribution in [-0.2, 0) is 0 Å². The lowest BCUT2D eigenvalue weighted by atomic mass is 10.2. The number of carbonyl (C=O) groups is 2. The second-order valence-electron chi connectivity index (χ2n) is 6.23. The van der Waals surface area contributed by atoms with Crippen LogP contribution in [0.25, 0.3) is 0 Å². The number of nitrogens with one attached hydrogen (secondary N) is 3. The van der Waals surface area contributed by atoms with Gasteiger partial charge in [-0.15, -0.1) is 5.10 Å². The van der Waals surface area contributed by atoms with E-state index in [0.717, 1.165) is 5.69 Å². The third-order valence-corrected chi connectivity index (χ3v) is 5.20. The molecule has 1 aromatic heterocycles. The van der Waals surface area contributed by atoms with E-state index in [9.17, 15) is 9.59 Å². The smallest absolute Gasteiger partial charge is 0.388 e. The van der Waals surface area contributed by atoms with Crippen molar-refractivity contribution in [1.82, 2.24) is 15.5 Å². The van der Waals surface area contributed by atoms with Gasteiger partial charge in [0.15, 0.2) is 0 Å². The molecule has 3 aromatic rings. The fraction of sp³-hybridized carbons (Fsp3) is 0.150. The van der Waals surface area contributed by atoms with E-state index in [2.05, 4.69) is 36.8 Å². The maximum Gasteiger partial charge on any atom is 0.414 e. The van der Waals surface area contributed by atoms with Crippen LogP contribution in [0.2, 0.25) is 5.02 Å². The van der Waals surface area contributed by atoms with E-state index in [4.69, 9.17) is 16.3 Å². The Balaban J connectivity index is 1.51. The molecule has 0 atom stereocenters. The van der Waals surface area contributed by atoms with E-state index in [0.29, 0.717) is 28.1 Å². The largest absolute Gasteiger partial charge is 0.414 e. The van der Waals surface area contributed by atoms with Crippen molar-refractivity contribution in [3.8, 4) is 5.88 Å². The summed E-state index contributed by atoms with van der Waals surface area (Å²) in [6, 6.07) is 16.5. The van der Waals surface area contributed by atoms with Gasteiger partial charge in [0.2, 0.25) is 0 Å². The minimum Gasteiger partial charge on any atom is -0.388 e. The molecule has 0 aliphatic heterocycles. The van der Waals surface area contributed by atoms with Crippen LogP contribution in [0.5, 0.6) is 5.88 Å². The van der Waals surface area contributed by atoms with Crippen LogP contribution in [0, 0.1) is 0 Å². The Morgan fingerprint density at radius 2 is 1.87 bits per heavy atom. The highest BCUT2D eigenvalue weighted by Crippen LogP contribution is 2.30. The normalized spacial score (nSPS) is 10.4. The van der Waals surface area contributed by atoms with E-state index in [1.54, 1.807) is 24.3 Å². The van der Waals surface area contributed by atoms with Gasteiger partial charge in [0.1, 0.15) is 10.3 Å². The summed E-state index contributed by atoms with van der Waals surface area (Å²) in [7, 11) is 1.93. The van der Waals surface area contributed by atoms with Crippen LogP contribution < -0.4 is 20.3 Å². The Morgan fingerprint density at radius 1 is 1.17 bits per heavy atom. The number of rotatable bonds is 7. The number of amides is 2. The number of hydrogen-bond donors (Lipinski definition) is 3. The van der Waals surface area contributed by atoms with Gasteiger partial charge in [-0.1, -0.05) is 41.9 Å². The molecule has 0 radical (unpaired) electrons. The number of ether oxygens (including phenoxy) is 1. The van der Waals surface area contributed by atoms with E-state index in [1.807, 2.05) is 42.3 Å². The molecule has 3 N–H and O–H groups in total. The Labute approximate surface area is 186 Å². The highest BCUT2D eigenvalue weighted by Gasteiger charge is 2.18. The lowest BCUT2D eigenvalue weighted by Gasteiger charge is -2.19. The Hall–Kier alpha value is -3.04. The molecule has 0 saturated carbocycles. The van der Waals surface area contributed by atoms with E-state index < -0.39 is 12.0 Å². The molecule has 0 aliphatic rings. The first-order valence-electron chi connectivity index (χ1n) is 8.97. The SMILES string of the molecule is CN(CCNC(=O)Oc1n[nH]c(NC(=O)c2ccccc2Cl)c1Br)c1ccccc1. The number of likely N-dealkylation sites (N-methyl/N-ethyl adjacent to an activating group) is 1. The zero-order chi connectivity index (χ0) is 21.5. The molecule has 156 valence electrons. The zero-order valence-electron chi connectivity index (χ0n) is 16.0. The molecule has 0 unspecified atom stereocenters. The zero-order valence-corrected chi connectivity index (χ0v) is 18.3. The van der Waals surface area contributed by atoms with Crippen LogP contribution in [0.3, 0.4) is 0 Å². The van der Waals surface area contributed by atoms with Gasteiger partial charge >= 0.3 is 6.09 Å². The third-order valence-electron chi connectivity index (χ3n) is 4.14. The summed E-state index contributed by atoms with van der Waals surface area (Å²) >= 11 is 9.30. The molecule has 1 heterocycles. The van der Waals surface area contributed by atoms with E-state index in [-0.39, 0.29) is 11.7 Å². The fourth-order valence-corrected chi connectivity index (χ4v) is 3.13. The van der Waals surface area contributed by atoms with Crippen molar-refractivity contribution in [2.45, 2.75) is 0 Å². The maximum atomic E-state index is 12.4. The molecule has 30 heavy (non-hydrogen) atoms. The maximum absolute atomic E-state index is 12.4. The molecule has 2 amide bonds. The van der Waals surface area contributed by atoms with Crippen molar-refractivity contribution >= 4 is 51.0 Å². The van der Waals surface area contributed by atoms with Gasteiger partial charge in [0, 0.05) is 25.8 Å². The van der Waals surface area contributed by atoms with Crippen molar-refractivity contribution in [2.75, 3.05) is 30.4 Å². The van der Waals surface area contributed by atoms with E-state index >= 15 is 0 Å². The number of para-hydroxylation sites is 1. The number of nitrogens with zero attached hydrogens (tertiary/aromatic N) is 2. The quantitative estimate of drug-likeness (QED) is 0.457. The molecular weight excluding hydrogens is 474 g/mol. The monoisotopic (exact) mass is 491 g/mol.